The van der Waals surface area contributed by atoms with E-state index in [1.54, 1.807) is 6.26 Å². The van der Waals surface area contributed by atoms with Gasteiger partial charge in [0.2, 0.25) is 7.28 Å². The Morgan fingerprint density at radius 2 is 2.57 bits per heavy atom. The van der Waals surface area contributed by atoms with Crippen LogP contribution in [0.3, 0.4) is 0 Å². The molecular formula is C4H4BClO. The fourth-order valence-corrected chi connectivity index (χ4v) is 0.518. The summed E-state index contributed by atoms with van der Waals surface area (Å²) in [4.78, 5) is 0.752. The average molecular weight is 114 g/mol. The summed E-state index contributed by atoms with van der Waals surface area (Å²) >= 11 is 5.50. The lowest BCUT2D eigenvalue weighted by atomic mass is 9.78. The molecule has 1 aliphatic rings. The Balaban J connectivity index is 2.50. The van der Waals surface area contributed by atoms with Crippen LogP contribution in [0, 0.1) is 0 Å². The minimum atomic E-state index is 0.752. The van der Waals surface area contributed by atoms with Crippen LogP contribution < -0.4 is 0 Å². The molecule has 7 heavy (non-hydrogen) atoms. The Hall–Kier alpha value is -0.365. The Morgan fingerprint density at radius 1 is 1.71 bits per heavy atom. The van der Waals surface area contributed by atoms with Gasteiger partial charge >= 0.3 is 0 Å². The molecule has 0 aliphatic carbocycles. The molecule has 0 aromatic rings. The van der Waals surface area contributed by atoms with Crippen LogP contribution in [0.5, 0.6) is 0 Å². The zero-order valence-corrected chi connectivity index (χ0v) is 4.48. The monoisotopic (exact) mass is 114 g/mol. The molecule has 0 N–H and O–H groups in total. The zero-order chi connectivity index (χ0) is 5.11. The van der Waals surface area contributed by atoms with Gasteiger partial charge in [-0.05, 0) is 0 Å². The van der Waals surface area contributed by atoms with Crippen molar-refractivity contribution in [1.29, 1.82) is 0 Å². The van der Waals surface area contributed by atoms with E-state index in [0.29, 0.717) is 0 Å². The number of hydrogen-bond acceptors (Lipinski definition) is 1. The molecule has 0 spiro atoms. The highest BCUT2D eigenvalue weighted by molar-refractivity contribution is 6.67. The lowest BCUT2D eigenvalue weighted by molar-refractivity contribution is 0.401. The van der Waals surface area contributed by atoms with E-state index in [-0.39, 0.29) is 0 Å². The highest BCUT2D eigenvalue weighted by Gasteiger charge is 1.93. The van der Waals surface area contributed by atoms with Crippen LogP contribution in [0.15, 0.2) is 23.4 Å². The fourth-order valence-electron chi connectivity index (χ4n) is 0.377. The first-order valence-electron chi connectivity index (χ1n) is 2.04. The van der Waals surface area contributed by atoms with Crippen LogP contribution in [0.25, 0.3) is 0 Å². The molecule has 0 bridgehead atoms. The second kappa shape index (κ2) is 2.08. The van der Waals surface area contributed by atoms with Gasteiger partial charge in [0.1, 0.15) is 0 Å². The maximum atomic E-state index is 5.50. The molecule has 0 aromatic heterocycles. The SMILES string of the molecule is ClC1=COC=CB1. The highest BCUT2D eigenvalue weighted by atomic mass is 35.5. The molecule has 0 atom stereocenters. The lowest BCUT2D eigenvalue weighted by Crippen LogP contribution is -1.90. The maximum absolute atomic E-state index is 5.50. The summed E-state index contributed by atoms with van der Waals surface area (Å²) in [6.45, 7) is 0. The van der Waals surface area contributed by atoms with Gasteiger partial charge in [-0.15, -0.1) is 0 Å². The Bertz CT molecular complexity index is 119. The molecule has 0 aromatic carbocycles. The Labute approximate surface area is 47.9 Å². The van der Waals surface area contributed by atoms with Gasteiger partial charge in [0.05, 0.1) is 12.5 Å². The third-order valence-electron chi connectivity index (χ3n) is 0.684. The number of halogens is 1. The molecule has 1 nitrogen and oxygen atoms in total. The summed E-state index contributed by atoms with van der Waals surface area (Å²) in [7, 11) is 0.807. The van der Waals surface area contributed by atoms with E-state index in [2.05, 4.69) is 0 Å². The summed E-state index contributed by atoms with van der Waals surface area (Å²) in [6, 6.07) is 0. The predicted octanol–water partition coefficient (Wildman–Crippen LogP) is 0.962. The van der Waals surface area contributed by atoms with Crippen molar-refractivity contribution < 1.29 is 4.74 Å². The molecule has 0 saturated heterocycles. The van der Waals surface area contributed by atoms with Crippen LogP contribution in [0.4, 0.5) is 0 Å². The van der Waals surface area contributed by atoms with E-state index in [4.69, 9.17) is 16.3 Å². The van der Waals surface area contributed by atoms with Gasteiger partial charge in [0, 0.05) is 4.93 Å². The first-order chi connectivity index (χ1) is 3.39. The smallest absolute Gasteiger partial charge is 0.206 e. The molecule has 0 unspecified atom stereocenters. The largest absolute Gasteiger partial charge is 0.473 e. The van der Waals surface area contributed by atoms with E-state index < -0.39 is 0 Å². The van der Waals surface area contributed by atoms with Crippen LogP contribution in [-0.2, 0) is 4.74 Å². The van der Waals surface area contributed by atoms with Crippen LogP contribution >= 0.6 is 11.6 Å². The van der Waals surface area contributed by atoms with Gasteiger partial charge < -0.3 is 4.74 Å². The molecular weight excluding hydrogens is 110 g/mol. The van der Waals surface area contributed by atoms with Gasteiger partial charge in [-0.25, -0.2) is 0 Å². The Morgan fingerprint density at radius 3 is 2.86 bits per heavy atom. The quantitative estimate of drug-likeness (QED) is 0.426. The van der Waals surface area contributed by atoms with E-state index >= 15 is 0 Å². The second-order valence-corrected chi connectivity index (χ2v) is 1.76. The maximum Gasteiger partial charge on any atom is 0.206 e. The van der Waals surface area contributed by atoms with Crippen LogP contribution in [0.1, 0.15) is 0 Å². The molecule has 36 valence electrons. The van der Waals surface area contributed by atoms with Crippen molar-refractivity contribution in [1.82, 2.24) is 0 Å². The minimum absolute atomic E-state index is 0.752. The van der Waals surface area contributed by atoms with Crippen molar-refractivity contribution in [3.8, 4) is 0 Å². The molecule has 0 amide bonds. The number of rotatable bonds is 0. The van der Waals surface area contributed by atoms with Crippen LogP contribution in [-0.4, -0.2) is 7.28 Å². The van der Waals surface area contributed by atoms with Crippen molar-refractivity contribution in [2.24, 2.45) is 0 Å². The van der Waals surface area contributed by atoms with E-state index in [1.807, 2.05) is 5.98 Å². The fraction of sp³-hybridized carbons (Fsp3) is 0. The molecule has 0 radical (unpaired) electrons. The summed E-state index contributed by atoms with van der Waals surface area (Å²) in [5.41, 5.74) is 0. The van der Waals surface area contributed by atoms with E-state index in [9.17, 15) is 0 Å². The van der Waals surface area contributed by atoms with Gasteiger partial charge in [-0.2, -0.15) is 0 Å². The van der Waals surface area contributed by atoms with Crippen molar-refractivity contribution in [2.45, 2.75) is 0 Å². The van der Waals surface area contributed by atoms with Crippen molar-refractivity contribution >= 4 is 18.9 Å². The predicted molar refractivity (Wildman–Crippen MR) is 31.3 cm³/mol. The highest BCUT2D eigenvalue weighted by Crippen LogP contribution is 2.03. The summed E-state index contributed by atoms with van der Waals surface area (Å²) < 4.78 is 4.71. The van der Waals surface area contributed by atoms with Crippen molar-refractivity contribution in [2.75, 3.05) is 0 Å². The average Bonchev–Trinajstić information content (AvgIpc) is 1.69. The summed E-state index contributed by atoms with van der Waals surface area (Å²) in [5, 5.41) is 0. The summed E-state index contributed by atoms with van der Waals surface area (Å²) in [5.74, 6) is 1.86. The minimum Gasteiger partial charge on any atom is -0.473 e. The molecule has 3 heteroatoms. The first-order valence-corrected chi connectivity index (χ1v) is 2.42. The van der Waals surface area contributed by atoms with E-state index in [0.717, 1.165) is 12.2 Å². The Kier molecular flexibility index (Phi) is 1.42. The van der Waals surface area contributed by atoms with Crippen molar-refractivity contribution in [3.05, 3.63) is 23.4 Å². The lowest BCUT2D eigenvalue weighted by Gasteiger charge is -1.96. The van der Waals surface area contributed by atoms with Crippen LogP contribution in [0.2, 0.25) is 0 Å². The normalized spacial score (nSPS) is 17.0. The molecule has 1 aliphatic heterocycles. The van der Waals surface area contributed by atoms with Gasteiger partial charge in [0.25, 0.3) is 0 Å². The topological polar surface area (TPSA) is 9.23 Å². The number of ether oxygens (including phenoxy) is 1. The summed E-state index contributed by atoms with van der Waals surface area (Å²) in [6.07, 6.45) is 3.15. The van der Waals surface area contributed by atoms with Gasteiger partial charge in [-0.1, -0.05) is 17.6 Å². The third kappa shape index (κ3) is 1.28. The second-order valence-electron chi connectivity index (χ2n) is 1.28. The molecule has 1 rings (SSSR count). The zero-order valence-electron chi connectivity index (χ0n) is 3.73. The molecule has 1 heterocycles. The van der Waals surface area contributed by atoms with E-state index in [1.165, 1.54) is 6.26 Å². The standard InChI is InChI=1S/C4H4BClO/c6-4-3-7-2-1-5-4/h1-3,5H. The van der Waals surface area contributed by atoms with Crippen molar-refractivity contribution in [3.63, 3.8) is 0 Å². The third-order valence-corrected chi connectivity index (χ3v) is 0.927. The first kappa shape index (κ1) is 4.79. The number of hydrogen-bond donors (Lipinski definition) is 0. The molecule has 0 saturated carbocycles. The van der Waals surface area contributed by atoms with Gasteiger partial charge in [-0.3, -0.25) is 0 Å². The molecule has 0 fully saturated rings. The van der Waals surface area contributed by atoms with Gasteiger partial charge in [0.15, 0.2) is 0 Å².